The van der Waals surface area contributed by atoms with E-state index in [2.05, 4.69) is 20.6 Å². The lowest BCUT2D eigenvalue weighted by molar-refractivity contribution is 0.0952. The Morgan fingerprint density at radius 3 is 3.29 bits per heavy atom. The van der Waals surface area contributed by atoms with Gasteiger partial charge in [-0.15, -0.1) is 15.3 Å². The maximum Gasteiger partial charge on any atom is 0.282 e. The number of rotatable bonds is 3. The van der Waals surface area contributed by atoms with Crippen LogP contribution in [0.2, 0.25) is 0 Å². The highest BCUT2D eigenvalue weighted by Crippen LogP contribution is 2.10. The van der Waals surface area contributed by atoms with Gasteiger partial charge in [0.25, 0.3) is 5.91 Å². The van der Waals surface area contributed by atoms with E-state index in [0.29, 0.717) is 16.5 Å². The van der Waals surface area contributed by atoms with Gasteiger partial charge >= 0.3 is 0 Å². The Morgan fingerprint density at radius 2 is 2.57 bits per heavy atom. The summed E-state index contributed by atoms with van der Waals surface area (Å²) < 4.78 is 1.49. The molecule has 0 aliphatic rings. The second kappa shape index (κ2) is 3.70. The summed E-state index contributed by atoms with van der Waals surface area (Å²) in [6, 6.07) is 0. The molecule has 2 aromatic heterocycles. The van der Waals surface area contributed by atoms with Gasteiger partial charge in [0, 0.05) is 6.54 Å². The Morgan fingerprint density at radius 1 is 1.71 bits per heavy atom. The quantitative estimate of drug-likeness (QED) is 0.793. The Kier molecular flexibility index (Phi) is 2.40. The Labute approximate surface area is 84.0 Å². The fraction of sp³-hybridized carbons (Fsp3) is 0.429. The smallest absolute Gasteiger partial charge is 0.282 e. The Bertz CT molecular complexity index is 419. The van der Waals surface area contributed by atoms with Crippen molar-refractivity contribution >= 4 is 22.2 Å². The highest BCUT2D eigenvalue weighted by molar-refractivity contribution is 7.18. The van der Waals surface area contributed by atoms with Crippen LogP contribution in [0.15, 0.2) is 6.33 Å². The molecule has 1 N–H and O–H groups in total. The molecule has 0 aliphatic carbocycles. The lowest BCUT2D eigenvalue weighted by atomic mass is 10.5. The average molecular weight is 211 g/mol. The van der Waals surface area contributed by atoms with Crippen LogP contribution < -0.4 is 5.32 Å². The van der Waals surface area contributed by atoms with E-state index in [4.69, 9.17) is 0 Å². The molecule has 1 amide bonds. The van der Waals surface area contributed by atoms with Crippen LogP contribution in [0.5, 0.6) is 0 Å². The molecule has 74 valence electrons. The van der Waals surface area contributed by atoms with Crippen molar-refractivity contribution in [2.45, 2.75) is 13.3 Å². The minimum absolute atomic E-state index is 0.151. The fourth-order valence-corrected chi connectivity index (χ4v) is 1.70. The lowest BCUT2D eigenvalue weighted by Crippen LogP contribution is -2.23. The van der Waals surface area contributed by atoms with E-state index in [-0.39, 0.29) is 5.91 Å². The minimum Gasteiger partial charge on any atom is -0.350 e. The summed E-state index contributed by atoms with van der Waals surface area (Å²) in [5, 5.41) is 14.6. The van der Waals surface area contributed by atoms with Gasteiger partial charge in [-0.25, -0.2) is 0 Å². The van der Waals surface area contributed by atoms with Crippen LogP contribution in [0.25, 0.3) is 4.96 Å². The SMILES string of the molecule is CCCNC(=O)c1nn2cnnc2s1. The molecule has 0 radical (unpaired) electrons. The highest BCUT2D eigenvalue weighted by atomic mass is 32.1. The van der Waals surface area contributed by atoms with E-state index in [9.17, 15) is 4.79 Å². The maximum absolute atomic E-state index is 11.4. The second-order valence-electron chi connectivity index (χ2n) is 2.72. The van der Waals surface area contributed by atoms with E-state index in [1.165, 1.54) is 22.2 Å². The number of nitrogens with zero attached hydrogens (tertiary/aromatic N) is 4. The molecular weight excluding hydrogens is 202 g/mol. The number of carbonyl (C=O) groups excluding carboxylic acids is 1. The molecule has 0 aromatic carbocycles. The molecule has 0 fully saturated rings. The molecule has 2 rings (SSSR count). The van der Waals surface area contributed by atoms with Crippen LogP contribution in [0.1, 0.15) is 23.1 Å². The number of aromatic nitrogens is 4. The molecule has 6 nitrogen and oxygen atoms in total. The zero-order valence-corrected chi connectivity index (χ0v) is 8.41. The van der Waals surface area contributed by atoms with Gasteiger partial charge < -0.3 is 5.32 Å². The van der Waals surface area contributed by atoms with Crippen LogP contribution in [-0.4, -0.2) is 32.3 Å². The molecule has 2 aromatic rings. The topological polar surface area (TPSA) is 72.2 Å². The molecular formula is C7H9N5OS. The normalized spacial score (nSPS) is 10.6. The van der Waals surface area contributed by atoms with Gasteiger partial charge in [0.2, 0.25) is 9.97 Å². The average Bonchev–Trinajstić information content (AvgIpc) is 2.72. The number of fused-ring (bicyclic) bond motifs is 1. The third kappa shape index (κ3) is 1.58. The van der Waals surface area contributed by atoms with Crippen molar-refractivity contribution in [1.29, 1.82) is 0 Å². The summed E-state index contributed by atoms with van der Waals surface area (Å²) in [6.07, 6.45) is 2.39. The highest BCUT2D eigenvalue weighted by Gasteiger charge is 2.12. The molecule has 0 aliphatic heterocycles. The van der Waals surface area contributed by atoms with Crippen LogP contribution in [-0.2, 0) is 0 Å². The van der Waals surface area contributed by atoms with Crippen LogP contribution in [0.3, 0.4) is 0 Å². The third-order valence-corrected chi connectivity index (χ3v) is 2.53. The summed E-state index contributed by atoms with van der Waals surface area (Å²) in [6.45, 7) is 2.66. The van der Waals surface area contributed by atoms with Crippen molar-refractivity contribution in [2.24, 2.45) is 0 Å². The van der Waals surface area contributed by atoms with Gasteiger partial charge in [-0.3, -0.25) is 4.79 Å². The predicted octanol–water partition coefficient (Wildman–Crippen LogP) is 0.326. The van der Waals surface area contributed by atoms with Crippen molar-refractivity contribution in [2.75, 3.05) is 6.54 Å². The summed E-state index contributed by atoms with van der Waals surface area (Å²) in [5.41, 5.74) is 0. The monoisotopic (exact) mass is 211 g/mol. The summed E-state index contributed by atoms with van der Waals surface area (Å²) in [4.78, 5) is 12.1. The molecule has 2 heterocycles. The number of nitrogens with one attached hydrogen (secondary N) is 1. The van der Waals surface area contributed by atoms with E-state index < -0.39 is 0 Å². The first kappa shape index (κ1) is 9.07. The van der Waals surface area contributed by atoms with E-state index in [0.717, 1.165) is 6.42 Å². The first-order valence-corrected chi connectivity index (χ1v) is 5.08. The standard InChI is InChI=1S/C7H9N5OS/c1-2-3-8-5(13)6-11-12-4-9-10-7(12)14-6/h4H,2-3H2,1H3,(H,8,13). The molecule has 0 spiro atoms. The molecule has 14 heavy (non-hydrogen) atoms. The molecule has 0 saturated carbocycles. The predicted molar refractivity (Wildman–Crippen MR) is 51.3 cm³/mol. The van der Waals surface area contributed by atoms with Crippen molar-refractivity contribution < 1.29 is 4.79 Å². The van der Waals surface area contributed by atoms with Crippen molar-refractivity contribution in [1.82, 2.24) is 25.1 Å². The maximum atomic E-state index is 11.4. The first-order valence-electron chi connectivity index (χ1n) is 4.26. The van der Waals surface area contributed by atoms with Gasteiger partial charge in [-0.05, 0) is 6.42 Å². The summed E-state index contributed by atoms with van der Waals surface area (Å²) >= 11 is 1.23. The number of hydrogen-bond acceptors (Lipinski definition) is 5. The van der Waals surface area contributed by atoms with Gasteiger partial charge in [0.1, 0.15) is 6.33 Å². The van der Waals surface area contributed by atoms with Gasteiger partial charge in [-0.2, -0.15) is 4.52 Å². The Balaban J connectivity index is 2.18. The number of carbonyl (C=O) groups is 1. The largest absolute Gasteiger partial charge is 0.350 e. The minimum atomic E-state index is -0.151. The van der Waals surface area contributed by atoms with Crippen LogP contribution in [0.4, 0.5) is 0 Å². The summed E-state index contributed by atoms with van der Waals surface area (Å²) in [7, 11) is 0. The van der Waals surface area contributed by atoms with Gasteiger partial charge in [0.15, 0.2) is 0 Å². The second-order valence-corrected chi connectivity index (χ2v) is 3.68. The molecule has 0 bridgehead atoms. The molecule has 0 unspecified atom stereocenters. The van der Waals surface area contributed by atoms with Crippen molar-refractivity contribution in [3.05, 3.63) is 11.3 Å². The van der Waals surface area contributed by atoms with Gasteiger partial charge in [0.05, 0.1) is 0 Å². The zero-order valence-electron chi connectivity index (χ0n) is 7.60. The van der Waals surface area contributed by atoms with Crippen LogP contribution in [0, 0.1) is 0 Å². The number of amides is 1. The third-order valence-electron chi connectivity index (χ3n) is 1.62. The first-order chi connectivity index (χ1) is 6.81. The van der Waals surface area contributed by atoms with E-state index >= 15 is 0 Å². The Hall–Kier alpha value is -1.50. The lowest BCUT2D eigenvalue weighted by Gasteiger charge is -1.97. The van der Waals surface area contributed by atoms with Gasteiger partial charge in [-0.1, -0.05) is 18.3 Å². The fourth-order valence-electron chi connectivity index (χ4n) is 0.966. The van der Waals surface area contributed by atoms with Crippen LogP contribution >= 0.6 is 11.3 Å². The molecule has 7 heteroatoms. The van der Waals surface area contributed by atoms with E-state index in [1.807, 2.05) is 6.92 Å². The van der Waals surface area contributed by atoms with E-state index in [1.54, 1.807) is 0 Å². The van der Waals surface area contributed by atoms with Crippen molar-refractivity contribution in [3.8, 4) is 0 Å². The summed E-state index contributed by atoms with van der Waals surface area (Å²) in [5.74, 6) is -0.151. The molecule has 0 saturated heterocycles. The number of hydrogen-bond donors (Lipinski definition) is 1. The molecule has 0 atom stereocenters. The zero-order chi connectivity index (χ0) is 9.97. The van der Waals surface area contributed by atoms with Crippen molar-refractivity contribution in [3.63, 3.8) is 0 Å².